The average Bonchev–Trinajstić information content (AvgIpc) is 2.39. The molecule has 1 aromatic heterocycles. The molecular formula is C14H16BrN. The lowest BCUT2D eigenvalue weighted by Crippen LogP contribution is -1.99. The van der Waals surface area contributed by atoms with Gasteiger partial charge in [0.15, 0.2) is 0 Å². The number of hydrogen-bond donors (Lipinski definition) is 0. The predicted molar refractivity (Wildman–Crippen MR) is 72.4 cm³/mol. The Morgan fingerprint density at radius 2 is 1.44 bits per heavy atom. The van der Waals surface area contributed by atoms with Crippen LogP contribution in [0.1, 0.15) is 22.5 Å². The molecule has 0 radical (unpaired) electrons. The summed E-state index contributed by atoms with van der Waals surface area (Å²) in [6, 6.07) is 8.80. The largest absolute Gasteiger partial charge is 0.317 e. The van der Waals surface area contributed by atoms with Gasteiger partial charge in [-0.1, -0.05) is 6.07 Å². The summed E-state index contributed by atoms with van der Waals surface area (Å²) in [5, 5.41) is 0. The van der Waals surface area contributed by atoms with Crippen LogP contribution in [0.25, 0.3) is 5.69 Å². The third-order valence-electron chi connectivity index (χ3n) is 2.83. The SMILES string of the molecule is Cc1cc(C)cc(-n2c(C)cc(Br)c2C)c1. The Hall–Kier alpha value is -1.02. The second-order valence-electron chi connectivity index (χ2n) is 4.40. The Bertz CT molecular complexity index is 518. The van der Waals surface area contributed by atoms with Gasteiger partial charge >= 0.3 is 0 Å². The molecule has 0 aliphatic rings. The van der Waals surface area contributed by atoms with Crippen molar-refractivity contribution in [2.75, 3.05) is 0 Å². The van der Waals surface area contributed by atoms with Crippen LogP contribution in [-0.4, -0.2) is 4.57 Å². The summed E-state index contributed by atoms with van der Waals surface area (Å²) in [5.74, 6) is 0. The van der Waals surface area contributed by atoms with Crippen molar-refractivity contribution >= 4 is 15.9 Å². The van der Waals surface area contributed by atoms with Gasteiger partial charge in [0.1, 0.15) is 0 Å². The van der Waals surface area contributed by atoms with Gasteiger partial charge in [-0.3, -0.25) is 0 Å². The molecule has 84 valence electrons. The van der Waals surface area contributed by atoms with Crippen molar-refractivity contribution in [3.8, 4) is 5.69 Å². The fraction of sp³-hybridized carbons (Fsp3) is 0.286. The third kappa shape index (κ3) is 1.94. The van der Waals surface area contributed by atoms with E-state index in [0.29, 0.717) is 0 Å². The molecule has 0 aliphatic heterocycles. The van der Waals surface area contributed by atoms with Crippen molar-refractivity contribution in [3.63, 3.8) is 0 Å². The average molecular weight is 278 g/mol. The minimum Gasteiger partial charge on any atom is -0.317 e. The zero-order chi connectivity index (χ0) is 11.9. The van der Waals surface area contributed by atoms with Crippen LogP contribution in [0.3, 0.4) is 0 Å². The lowest BCUT2D eigenvalue weighted by atomic mass is 10.1. The molecule has 0 N–H and O–H groups in total. The minimum atomic E-state index is 1.17. The molecule has 2 heteroatoms. The lowest BCUT2D eigenvalue weighted by molar-refractivity contribution is 0.959. The first-order valence-corrected chi connectivity index (χ1v) is 6.21. The Labute approximate surface area is 105 Å². The summed E-state index contributed by atoms with van der Waals surface area (Å²) in [6.45, 7) is 8.55. The molecular weight excluding hydrogens is 262 g/mol. The van der Waals surface area contributed by atoms with E-state index in [1.807, 2.05) is 0 Å². The van der Waals surface area contributed by atoms with Crippen LogP contribution in [0.2, 0.25) is 0 Å². The monoisotopic (exact) mass is 277 g/mol. The summed E-state index contributed by atoms with van der Waals surface area (Å²) >= 11 is 3.58. The van der Waals surface area contributed by atoms with Crippen LogP contribution in [0.4, 0.5) is 0 Å². The van der Waals surface area contributed by atoms with Crippen LogP contribution in [0.15, 0.2) is 28.7 Å². The molecule has 0 saturated heterocycles. The maximum atomic E-state index is 3.58. The number of hydrogen-bond acceptors (Lipinski definition) is 0. The standard InChI is InChI=1S/C14H16BrN/c1-9-5-10(2)7-13(6-9)16-11(3)8-14(15)12(16)4/h5-8H,1-4H3. The minimum absolute atomic E-state index is 1.17. The van der Waals surface area contributed by atoms with Crippen LogP contribution in [0.5, 0.6) is 0 Å². The molecule has 16 heavy (non-hydrogen) atoms. The van der Waals surface area contributed by atoms with E-state index in [0.717, 1.165) is 0 Å². The molecule has 1 heterocycles. The molecule has 1 aromatic carbocycles. The molecule has 0 saturated carbocycles. The van der Waals surface area contributed by atoms with E-state index in [2.05, 4.69) is 72.5 Å². The van der Waals surface area contributed by atoms with E-state index in [9.17, 15) is 0 Å². The maximum absolute atomic E-state index is 3.58. The quantitative estimate of drug-likeness (QED) is 0.725. The summed E-state index contributed by atoms with van der Waals surface area (Å²) in [7, 11) is 0. The highest BCUT2D eigenvalue weighted by Gasteiger charge is 2.08. The molecule has 1 nitrogen and oxygen atoms in total. The molecule has 0 spiro atoms. The first kappa shape index (κ1) is 11.5. The van der Waals surface area contributed by atoms with Crippen molar-refractivity contribution in [1.29, 1.82) is 0 Å². The first-order valence-electron chi connectivity index (χ1n) is 5.42. The van der Waals surface area contributed by atoms with Gasteiger partial charge in [0.05, 0.1) is 0 Å². The van der Waals surface area contributed by atoms with E-state index >= 15 is 0 Å². The number of aromatic nitrogens is 1. The zero-order valence-electron chi connectivity index (χ0n) is 10.1. The van der Waals surface area contributed by atoms with E-state index < -0.39 is 0 Å². The third-order valence-corrected chi connectivity index (χ3v) is 3.64. The van der Waals surface area contributed by atoms with E-state index in [-0.39, 0.29) is 0 Å². The van der Waals surface area contributed by atoms with Gasteiger partial charge in [-0.2, -0.15) is 0 Å². The van der Waals surface area contributed by atoms with E-state index in [4.69, 9.17) is 0 Å². The van der Waals surface area contributed by atoms with Crippen molar-refractivity contribution < 1.29 is 0 Å². The Morgan fingerprint density at radius 3 is 1.88 bits per heavy atom. The van der Waals surface area contributed by atoms with Crippen molar-refractivity contribution in [1.82, 2.24) is 4.57 Å². The fourth-order valence-electron chi connectivity index (χ4n) is 2.20. The van der Waals surface area contributed by atoms with Crippen molar-refractivity contribution in [2.24, 2.45) is 0 Å². The number of halogens is 1. The van der Waals surface area contributed by atoms with Gasteiger partial charge in [0.25, 0.3) is 0 Å². The topological polar surface area (TPSA) is 4.93 Å². The molecule has 0 atom stereocenters. The van der Waals surface area contributed by atoms with Gasteiger partial charge in [0.2, 0.25) is 0 Å². The second-order valence-corrected chi connectivity index (χ2v) is 5.25. The lowest BCUT2D eigenvalue weighted by Gasteiger charge is -2.11. The van der Waals surface area contributed by atoms with Gasteiger partial charge in [-0.05, 0) is 73.0 Å². The summed E-state index contributed by atoms with van der Waals surface area (Å²) in [4.78, 5) is 0. The van der Waals surface area contributed by atoms with Gasteiger partial charge in [0, 0.05) is 21.5 Å². The van der Waals surface area contributed by atoms with Crippen molar-refractivity contribution in [2.45, 2.75) is 27.7 Å². The van der Waals surface area contributed by atoms with Gasteiger partial charge < -0.3 is 4.57 Å². The Balaban J connectivity index is 2.67. The van der Waals surface area contributed by atoms with Gasteiger partial charge in [-0.15, -0.1) is 0 Å². The highest BCUT2D eigenvalue weighted by atomic mass is 79.9. The number of nitrogens with zero attached hydrogens (tertiary/aromatic N) is 1. The molecule has 2 aromatic rings. The summed E-state index contributed by atoms with van der Waals surface area (Å²) in [6.07, 6.45) is 0. The second kappa shape index (κ2) is 4.10. The number of benzene rings is 1. The van der Waals surface area contributed by atoms with Crippen LogP contribution in [-0.2, 0) is 0 Å². The van der Waals surface area contributed by atoms with E-state index in [1.165, 1.54) is 32.7 Å². The fourth-order valence-corrected chi connectivity index (χ4v) is 2.71. The first-order chi connectivity index (χ1) is 7.49. The molecule has 0 unspecified atom stereocenters. The Kier molecular flexibility index (Phi) is 2.94. The number of rotatable bonds is 1. The summed E-state index contributed by atoms with van der Waals surface area (Å²) < 4.78 is 3.45. The van der Waals surface area contributed by atoms with E-state index in [1.54, 1.807) is 0 Å². The number of aryl methyl sites for hydroxylation is 3. The highest BCUT2D eigenvalue weighted by molar-refractivity contribution is 9.10. The van der Waals surface area contributed by atoms with Crippen LogP contribution >= 0.6 is 15.9 Å². The summed E-state index contributed by atoms with van der Waals surface area (Å²) in [5.41, 5.74) is 6.37. The smallest absolute Gasteiger partial charge is 0.0460 e. The normalized spacial score (nSPS) is 10.8. The van der Waals surface area contributed by atoms with Crippen LogP contribution in [0, 0.1) is 27.7 Å². The maximum Gasteiger partial charge on any atom is 0.0460 e. The highest BCUT2D eigenvalue weighted by Crippen LogP contribution is 2.25. The predicted octanol–water partition coefficient (Wildman–Crippen LogP) is 4.47. The van der Waals surface area contributed by atoms with Crippen molar-refractivity contribution in [3.05, 3.63) is 51.3 Å². The van der Waals surface area contributed by atoms with Crippen LogP contribution < -0.4 is 0 Å². The Morgan fingerprint density at radius 1 is 0.875 bits per heavy atom. The molecule has 0 fully saturated rings. The van der Waals surface area contributed by atoms with Gasteiger partial charge in [-0.25, -0.2) is 0 Å². The zero-order valence-corrected chi connectivity index (χ0v) is 11.7. The molecule has 0 aliphatic carbocycles. The molecule has 0 bridgehead atoms. The molecule has 2 rings (SSSR count). The molecule has 0 amide bonds.